The monoisotopic (exact) mass is 246 g/mol. The molecule has 0 aliphatic carbocycles. The molecule has 0 amide bonds. The topological polar surface area (TPSA) is 95.6 Å². The number of hydrogen-bond acceptors (Lipinski definition) is 6. The molecule has 0 spiro atoms. The van der Waals surface area contributed by atoms with Crippen LogP contribution in [0.4, 0.5) is 0 Å². The van der Waals surface area contributed by atoms with E-state index in [9.17, 15) is 0 Å². The van der Waals surface area contributed by atoms with Crippen LogP contribution in [0.1, 0.15) is 0 Å². The molecule has 0 aromatic rings. The van der Waals surface area contributed by atoms with Gasteiger partial charge in [0.05, 0.1) is 39.6 Å². The molecule has 0 saturated carbocycles. The molecule has 2 aliphatic heterocycles. The molecule has 100 valence electrons. The second-order valence-corrected chi connectivity index (χ2v) is 4.85. The summed E-state index contributed by atoms with van der Waals surface area (Å²) in [7, 11) is 0. The number of nitrogens with two attached hydrogens (primary N) is 2. The molecule has 2 rings (SSSR count). The summed E-state index contributed by atoms with van der Waals surface area (Å²) in [4.78, 5) is 0. The molecule has 2 unspecified atom stereocenters. The highest BCUT2D eigenvalue weighted by atomic mass is 16.6. The van der Waals surface area contributed by atoms with Gasteiger partial charge in [0.25, 0.3) is 0 Å². The Morgan fingerprint density at radius 3 is 1.65 bits per heavy atom. The molecule has 6 nitrogen and oxygen atoms in total. The third kappa shape index (κ3) is 4.50. The van der Waals surface area contributed by atoms with Crippen molar-refractivity contribution in [2.24, 2.45) is 16.9 Å². The lowest BCUT2D eigenvalue weighted by atomic mass is 9.90. The van der Waals surface area contributed by atoms with E-state index < -0.39 is 0 Å². The average Bonchev–Trinajstić information content (AvgIpc) is 3.21. The highest BCUT2D eigenvalue weighted by molar-refractivity contribution is 4.82. The Kier molecular flexibility index (Phi) is 4.72. The maximum atomic E-state index is 5.78. The van der Waals surface area contributed by atoms with Gasteiger partial charge < -0.3 is 30.4 Å². The van der Waals surface area contributed by atoms with Crippen LogP contribution in [-0.2, 0) is 18.9 Å². The van der Waals surface area contributed by atoms with Crippen LogP contribution in [0.15, 0.2) is 0 Å². The molecular formula is C11H22N2O4. The molecule has 2 fully saturated rings. The quantitative estimate of drug-likeness (QED) is 0.466. The summed E-state index contributed by atoms with van der Waals surface area (Å²) in [6.07, 6.45) is 0.535. The molecule has 2 saturated heterocycles. The number of epoxide rings is 2. The van der Waals surface area contributed by atoms with E-state index in [0.717, 1.165) is 13.2 Å². The predicted molar refractivity (Wildman–Crippen MR) is 61.7 cm³/mol. The molecule has 0 aromatic heterocycles. The van der Waals surface area contributed by atoms with E-state index in [4.69, 9.17) is 30.4 Å². The van der Waals surface area contributed by atoms with Gasteiger partial charge in [0.1, 0.15) is 12.2 Å². The largest absolute Gasteiger partial charge is 0.378 e. The van der Waals surface area contributed by atoms with E-state index in [0.29, 0.717) is 39.5 Å². The minimum absolute atomic E-state index is 0.268. The SMILES string of the molecule is NCC(CN)(COCC1CO1)COCC1CO1. The highest BCUT2D eigenvalue weighted by Crippen LogP contribution is 2.18. The zero-order chi connectivity index (χ0) is 12.1. The van der Waals surface area contributed by atoms with Crippen molar-refractivity contribution in [1.82, 2.24) is 0 Å². The minimum atomic E-state index is -0.288. The van der Waals surface area contributed by atoms with Crippen LogP contribution in [-0.4, -0.2) is 64.9 Å². The Bertz CT molecular complexity index is 208. The fraction of sp³-hybridized carbons (Fsp3) is 1.00. The normalized spacial score (nSPS) is 27.2. The van der Waals surface area contributed by atoms with E-state index in [1.165, 1.54) is 0 Å². The van der Waals surface area contributed by atoms with E-state index in [-0.39, 0.29) is 17.6 Å². The van der Waals surface area contributed by atoms with Gasteiger partial charge in [0, 0.05) is 18.5 Å². The van der Waals surface area contributed by atoms with Gasteiger partial charge in [0.15, 0.2) is 0 Å². The molecule has 4 N–H and O–H groups in total. The summed E-state index contributed by atoms with van der Waals surface area (Å²) < 4.78 is 21.3. The highest BCUT2D eigenvalue weighted by Gasteiger charge is 2.31. The maximum absolute atomic E-state index is 5.78. The zero-order valence-electron chi connectivity index (χ0n) is 10.1. The first-order valence-corrected chi connectivity index (χ1v) is 6.07. The lowest BCUT2D eigenvalue weighted by molar-refractivity contribution is -0.0196. The third-order valence-electron chi connectivity index (χ3n) is 3.09. The first-order valence-electron chi connectivity index (χ1n) is 6.07. The Hall–Kier alpha value is -0.240. The van der Waals surface area contributed by atoms with E-state index in [2.05, 4.69) is 0 Å². The van der Waals surface area contributed by atoms with Crippen LogP contribution < -0.4 is 11.5 Å². The number of rotatable bonds is 10. The molecule has 17 heavy (non-hydrogen) atoms. The van der Waals surface area contributed by atoms with Gasteiger partial charge >= 0.3 is 0 Å². The van der Waals surface area contributed by atoms with E-state index >= 15 is 0 Å². The Morgan fingerprint density at radius 2 is 1.35 bits per heavy atom. The second kappa shape index (κ2) is 6.08. The summed E-state index contributed by atoms with van der Waals surface area (Å²) >= 11 is 0. The lowest BCUT2D eigenvalue weighted by Crippen LogP contribution is -2.46. The van der Waals surface area contributed by atoms with Gasteiger partial charge in [-0.25, -0.2) is 0 Å². The smallest absolute Gasteiger partial charge is 0.104 e. The fourth-order valence-electron chi connectivity index (χ4n) is 1.50. The summed E-state index contributed by atoms with van der Waals surface area (Å²) in [5, 5.41) is 0. The first kappa shape index (κ1) is 13.2. The van der Waals surface area contributed by atoms with Gasteiger partial charge in [-0.2, -0.15) is 0 Å². The van der Waals surface area contributed by atoms with Crippen molar-refractivity contribution in [3.8, 4) is 0 Å². The van der Waals surface area contributed by atoms with Crippen molar-refractivity contribution in [2.75, 3.05) is 52.7 Å². The number of hydrogen-bond donors (Lipinski definition) is 2. The Morgan fingerprint density at radius 1 is 0.941 bits per heavy atom. The molecule has 2 aliphatic rings. The molecule has 2 atom stereocenters. The van der Waals surface area contributed by atoms with Gasteiger partial charge in [-0.3, -0.25) is 0 Å². The van der Waals surface area contributed by atoms with Crippen LogP contribution in [0.25, 0.3) is 0 Å². The van der Waals surface area contributed by atoms with E-state index in [1.54, 1.807) is 0 Å². The third-order valence-corrected chi connectivity index (χ3v) is 3.09. The Labute approximate surface area is 102 Å². The van der Waals surface area contributed by atoms with Crippen molar-refractivity contribution in [2.45, 2.75) is 12.2 Å². The van der Waals surface area contributed by atoms with Crippen LogP contribution in [0.5, 0.6) is 0 Å². The molecule has 0 radical (unpaired) electrons. The average molecular weight is 246 g/mol. The van der Waals surface area contributed by atoms with Crippen LogP contribution >= 0.6 is 0 Å². The predicted octanol–water partition coefficient (Wildman–Crippen LogP) is -1.28. The van der Waals surface area contributed by atoms with Crippen molar-refractivity contribution < 1.29 is 18.9 Å². The minimum Gasteiger partial charge on any atom is -0.378 e. The first-order chi connectivity index (χ1) is 8.28. The van der Waals surface area contributed by atoms with Gasteiger partial charge in [-0.1, -0.05) is 0 Å². The van der Waals surface area contributed by atoms with Gasteiger partial charge in [-0.15, -0.1) is 0 Å². The number of ether oxygens (including phenoxy) is 4. The summed E-state index contributed by atoms with van der Waals surface area (Å²) in [5.74, 6) is 0. The van der Waals surface area contributed by atoms with Gasteiger partial charge in [-0.05, 0) is 0 Å². The fourth-order valence-corrected chi connectivity index (χ4v) is 1.50. The summed E-state index contributed by atoms with van der Waals surface area (Å²) in [6, 6.07) is 0. The summed E-state index contributed by atoms with van der Waals surface area (Å²) in [5.41, 5.74) is 11.3. The van der Waals surface area contributed by atoms with Crippen molar-refractivity contribution in [3.63, 3.8) is 0 Å². The Balaban J connectivity index is 1.65. The van der Waals surface area contributed by atoms with Crippen LogP contribution in [0.2, 0.25) is 0 Å². The van der Waals surface area contributed by atoms with Crippen molar-refractivity contribution >= 4 is 0 Å². The molecule has 2 heterocycles. The summed E-state index contributed by atoms with van der Waals surface area (Å²) in [6.45, 7) is 4.79. The maximum Gasteiger partial charge on any atom is 0.104 e. The van der Waals surface area contributed by atoms with Gasteiger partial charge in [0.2, 0.25) is 0 Å². The van der Waals surface area contributed by atoms with E-state index in [1.807, 2.05) is 0 Å². The molecule has 0 aromatic carbocycles. The van der Waals surface area contributed by atoms with Crippen LogP contribution in [0, 0.1) is 5.41 Å². The second-order valence-electron chi connectivity index (χ2n) is 4.85. The molecule has 0 bridgehead atoms. The lowest BCUT2D eigenvalue weighted by Gasteiger charge is -2.30. The van der Waals surface area contributed by atoms with Crippen molar-refractivity contribution in [3.05, 3.63) is 0 Å². The molecule has 6 heteroatoms. The zero-order valence-corrected chi connectivity index (χ0v) is 10.1. The molecular weight excluding hydrogens is 224 g/mol. The van der Waals surface area contributed by atoms with Crippen molar-refractivity contribution in [1.29, 1.82) is 0 Å². The van der Waals surface area contributed by atoms with Crippen LogP contribution in [0.3, 0.4) is 0 Å². The standard InChI is InChI=1S/C11H22N2O4/c12-5-11(6-13,7-14-1-9-3-16-9)8-15-2-10-4-17-10/h9-10H,1-8,12-13H2.